The van der Waals surface area contributed by atoms with Crippen LogP contribution in [0.5, 0.6) is 0 Å². The van der Waals surface area contributed by atoms with E-state index in [1.54, 1.807) is 14.7 Å². The first-order valence-electron chi connectivity index (χ1n) is 6.85. The first kappa shape index (κ1) is 13.4. The SMILES string of the molecule is CC(C)(C)N1C(=O)N2CN(CCO)CN3C(=O)N[C@@H]1[C@H]32. The number of hydrogen-bond acceptors (Lipinski definition) is 4. The maximum atomic E-state index is 12.6. The van der Waals surface area contributed by atoms with E-state index in [1.807, 2.05) is 25.7 Å². The number of β-amino-alcohol motifs (C(OH)–C–C–N with tert-alkyl or cyclic N) is 1. The molecule has 4 amide bonds. The summed E-state index contributed by atoms with van der Waals surface area (Å²) in [7, 11) is 0. The highest BCUT2D eigenvalue weighted by Crippen LogP contribution is 2.36. The zero-order chi connectivity index (χ0) is 14.7. The van der Waals surface area contributed by atoms with Crippen molar-refractivity contribution in [3.63, 3.8) is 0 Å². The van der Waals surface area contributed by atoms with E-state index in [2.05, 4.69) is 5.32 Å². The third-order valence-electron chi connectivity index (χ3n) is 4.03. The second-order valence-corrected chi connectivity index (χ2v) is 6.47. The number of hydrogen-bond donors (Lipinski definition) is 2. The Morgan fingerprint density at radius 3 is 2.50 bits per heavy atom. The van der Waals surface area contributed by atoms with Crippen LogP contribution >= 0.6 is 0 Å². The summed E-state index contributed by atoms with van der Waals surface area (Å²) in [5, 5.41) is 12.0. The van der Waals surface area contributed by atoms with Crippen molar-refractivity contribution in [2.75, 3.05) is 26.5 Å². The van der Waals surface area contributed by atoms with Crippen molar-refractivity contribution in [1.29, 1.82) is 0 Å². The third-order valence-corrected chi connectivity index (χ3v) is 4.03. The number of rotatable bonds is 2. The summed E-state index contributed by atoms with van der Waals surface area (Å²) >= 11 is 0. The van der Waals surface area contributed by atoms with Gasteiger partial charge in [0.2, 0.25) is 0 Å². The lowest BCUT2D eigenvalue weighted by molar-refractivity contribution is -0.0167. The molecule has 3 saturated heterocycles. The Hall–Kier alpha value is -1.54. The Morgan fingerprint density at radius 1 is 1.25 bits per heavy atom. The fourth-order valence-electron chi connectivity index (χ4n) is 3.24. The van der Waals surface area contributed by atoms with Crippen LogP contribution in [0.15, 0.2) is 0 Å². The molecule has 0 aromatic carbocycles. The van der Waals surface area contributed by atoms with Crippen LogP contribution in [0.25, 0.3) is 0 Å². The Morgan fingerprint density at radius 2 is 1.90 bits per heavy atom. The maximum absolute atomic E-state index is 12.6. The van der Waals surface area contributed by atoms with Crippen molar-refractivity contribution in [3.05, 3.63) is 0 Å². The molecule has 8 heteroatoms. The van der Waals surface area contributed by atoms with Gasteiger partial charge in [0, 0.05) is 12.1 Å². The van der Waals surface area contributed by atoms with Crippen LogP contribution in [0.2, 0.25) is 0 Å². The molecule has 2 atom stereocenters. The third kappa shape index (κ3) is 1.75. The minimum absolute atomic E-state index is 0.00850. The maximum Gasteiger partial charge on any atom is 0.325 e. The molecule has 0 radical (unpaired) electrons. The van der Waals surface area contributed by atoms with E-state index in [-0.39, 0.29) is 36.5 Å². The van der Waals surface area contributed by atoms with Gasteiger partial charge in [-0.15, -0.1) is 0 Å². The highest BCUT2D eigenvalue weighted by molar-refractivity contribution is 5.85. The summed E-state index contributed by atoms with van der Waals surface area (Å²) in [5.41, 5.74) is -0.357. The summed E-state index contributed by atoms with van der Waals surface area (Å²) in [6.45, 7) is 7.22. The van der Waals surface area contributed by atoms with Crippen molar-refractivity contribution in [2.24, 2.45) is 0 Å². The highest BCUT2D eigenvalue weighted by Gasteiger charge is 2.59. The second kappa shape index (κ2) is 4.23. The molecule has 0 spiro atoms. The van der Waals surface area contributed by atoms with Crippen molar-refractivity contribution in [1.82, 2.24) is 24.9 Å². The topological polar surface area (TPSA) is 79.4 Å². The summed E-state index contributed by atoms with van der Waals surface area (Å²) in [6, 6.07) is -0.227. The average Bonchev–Trinajstić information content (AvgIpc) is 2.79. The van der Waals surface area contributed by atoms with Gasteiger partial charge in [-0.2, -0.15) is 0 Å². The van der Waals surface area contributed by atoms with E-state index in [0.717, 1.165) is 0 Å². The molecule has 3 rings (SSSR count). The first-order chi connectivity index (χ1) is 9.34. The molecule has 3 aliphatic heterocycles. The van der Waals surface area contributed by atoms with E-state index in [0.29, 0.717) is 19.9 Å². The molecule has 112 valence electrons. The van der Waals surface area contributed by atoms with Crippen molar-refractivity contribution < 1.29 is 14.7 Å². The fraction of sp³-hybridized carbons (Fsp3) is 0.833. The van der Waals surface area contributed by atoms with Gasteiger partial charge in [-0.25, -0.2) is 9.59 Å². The quantitative estimate of drug-likeness (QED) is 0.711. The van der Waals surface area contributed by atoms with Crippen molar-refractivity contribution in [3.8, 4) is 0 Å². The van der Waals surface area contributed by atoms with Crippen LogP contribution in [0, 0.1) is 0 Å². The van der Waals surface area contributed by atoms with Gasteiger partial charge in [-0.05, 0) is 20.8 Å². The molecule has 3 aliphatic rings. The van der Waals surface area contributed by atoms with E-state index in [1.165, 1.54) is 0 Å². The molecule has 0 aromatic rings. The lowest BCUT2D eigenvalue weighted by Gasteiger charge is -2.41. The molecule has 0 unspecified atom stereocenters. The molecule has 2 N–H and O–H groups in total. The summed E-state index contributed by atoms with van der Waals surface area (Å²) in [6.07, 6.45) is -0.546. The molecular formula is C12H21N5O3. The molecule has 3 heterocycles. The Labute approximate surface area is 117 Å². The predicted octanol–water partition coefficient (Wildman–Crippen LogP) is -0.577. The van der Waals surface area contributed by atoms with Gasteiger partial charge in [-0.3, -0.25) is 19.6 Å². The Balaban J connectivity index is 1.93. The highest BCUT2D eigenvalue weighted by atomic mass is 16.3. The average molecular weight is 283 g/mol. The van der Waals surface area contributed by atoms with Gasteiger partial charge in [0.1, 0.15) is 6.17 Å². The van der Waals surface area contributed by atoms with Crippen LogP contribution in [-0.4, -0.2) is 81.1 Å². The number of urea groups is 2. The molecular weight excluding hydrogens is 262 g/mol. The number of aliphatic hydroxyl groups is 1. The number of nitrogens with zero attached hydrogens (tertiary/aromatic N) is 4. The molecule has 0 aromatic heterocycles. The van der Waals surface area contributed by atoms with E-state index < -0.39 is 0 Å². The fourth-order valence-corrected chi connectivity index (χ4v) is 3.24. The zero-order valence-corrected chi connectivity index (χ0v) is 12.0. The van der Waals surface area contributed by atoms with Gasteiger partial charge < -0.3 is 10.4 Å². The lowest BCUT2D eigenvalue weighted by Crippen LogP contribution is -2.60. The second-order valence-electron chi connectivity index (χ2n) is 6.47. The number of amides is 4. The monoisotopic (exact) mass is 283 g/mol. The molecule has 3 fully saturated rings. The smallest absolute Gasteiger partial charge is 0.325 e. The minimum atomic E-state index is -0.357. The van der Waals surface area contributed by atoms with Crippen LogP contribution < -0.4 is 5.32 Å². The van der Waals surface area contributed by atoms with Gasteiger partial charge in [0.05, 0.1) is 19.9 Å². The van der Waals surface area contributed by atoms with Gasteiger partial charge in [0.25, 0.3) is 0 Å². The first-order valence-corrected chi connectivity index (χ1v) is 6.85. The van der Waals surface area contributed by atoms with Crippen LogP contribution in [0.3, 0.4) is 0 Å². The van der Waals surface area contributed by atoms with Crippen molar-refractivity contribution >= 4 is 12.1 Å². The number of carbonyl (C=O) groups excluding carboxylic acids is 2. The standard InChI is InChI=1S/C12H21N5O3/c1-12(2,3)17-8-9-15(10(19)13-8)6-14(4-5-18)7-16(9)11(17)20/h8-9,18H,4-7H2,1-3H3,(H,13,19)/t8-,9+/m0/s1. The molecule has 0 bridgehead atoms. The Kier molecular flexibility index (Phi) is 2.84. The predicted molar refractivity (Wildman–Crippen MR) is 70.3 cm³/mol. The van der Waals surface area contributed by atoms with E-state index in [9.17, 15) is 9.59 Å². The molecule has 0 aliphatic carbocycles. The lowest BCUT2D eigenvalue weighted by atomic mass is 10.1. The van der Waals surface area contributed by atoms with Crippen LogP contribution in [0.1, 0.15) is 20.8 Å². The van der Waals surface area contributed by atoms with Gasteiger partial charge in [0.15, 0.2) is 6.17 Å². The number of carbonyl (C=O) groups is 2. The minimum Gasteiger partial charge on any atom is -0.395 e. The van der Waals surface area contributed by atoms with Crippen LogP contribution in [0.4, 0.5) is 9.59 Å². The van der Waals surface area contributed by atoms with Crippen LogP contribution in [-0.2, 0) is 0 Å². The molecule has 0 saturated carbocycles. The number of aliphatic hydroxyl groups excluding tert-OH is 1. The zero-order valence-electron chi connectivity index (χ0n) is 12.0. The van der Waals surface area contributed by atoms with Gasteiger partial charge in [-0.1, -0.05) is 0 Å². The summed E-state index contributed by atoms with van der Waals surface area (Å²) < 4.78 is 0. The van der Waals surface area contributed by atoms with E-state index >= 15 is 0 Å². The largest absolute Gasteiger partial charge is 0.395 e. The van der Waals surface area contributed by atoms with E-state index in [4.69, 9.17) is 5.11 Å². The summed E-state index contributed by atoms with van der Waals surface area (Å²) in [5.74, 6) is 0. The van der Waals surface area contributed by atoms with Gasteiger partial charge >= 0.3 is 12.1 Å². The normalized spacial score (nSPS) is 30.1. The molecule has 20 heavy (non-hydrogen) atoms. The van der Waals surface area contributed by atoms with Crippen molar-refractivity contribution in [2.45, 2.75) is 38.6 Å². The molecule has 8 nitrogen and oxygen atoms in total. The number of nitrogens with one attached hydrogen (secondary N) is 1. The Bertz CT molecular complexity index is 449. The summed E-state index contributed by atoms with van der Waals surface area (Å²) in [4.78, 5) is 31.7.